The number of nitrogens with one attached hydrogen (secondary N) is 1. The van der Waals surface area contributed by atoms with E-state index < -0.39 is 29.5 Å². The van der Waals surface area contributed by atoms with Crippen LogP contribution in [0.5, 0.6) is 0 Å². The van der Waals surface area contributed by atoms with Gasteiger partial charge in [-0.05, 0) is 30.7 Å². The molecule has 1 N–H and O–H groups in total. The molecule has 0 aliphatic rings. The minimum atomic E-state index is -4.43. The molecule has 0 bridgehead atoms. The van der Waals surface area contributed by atoms with Crippen molar-refractivity contribution in [3.05, 3.63) is 41.5 Å². The number of hydrogen-bond acceptors (Lipinski definition) is 5. The summed E-state index contributed by atoms with van der Waals surface area (Å²) in [5, 5.41) is 2.36. The molecule has 29 heavy (non-hydrogen) atoms. The number of esters is 1. The monoisotopic (exact) mass is 416 g/mol. The molecule has 7 nitrogen and oxygen atoms in total. The minimum Gasteiger partial charge on any atom is -0.465 e. The molecule has 0 saturated carbocycles. The first-order valence-corrected chi connectivity index (χ1v) is 8.72. The summed E-state index contributed by atoms with van der Waals surface area (Å²) < 4.78 is 47.3. The molecule has 0 radical (unpaired) electrons. The van der Waals surface area contributed by atoms with E-state index in [1.807, 2.05) is 0 Å². The lowest BCUT2D eigenvalue weighted by atomic mass is 10.1. The number of alkyl halides is 3. The molecule has 0 spiro atoms. The molecular weight excluding hydrogens is 393 g/mol. The van der Waals surface area contributed by atoms with Crippen LogP contribution in [0.25, 0.3) is 6.08 Å². The second-order valence-corrected chi connectivity index (χ2v) is 5.78. The molecule has 0 fully saturated rings. The smallest absolute Gasteiger partial charge is 0.416 e. The van der Waals surface area contributed by atoms with Crippen LogP contribution >= 0.6 is 0 Å². The van der Waals surface area contributed by atoms with Gasteiger partial charge < -0.3 is 19.7 Å². The van der Waals surface area contributed by atoms with E-state index in [2.05, 4.69) is 5.32 Å². The summed E-state index contributed by atoms with van der Waals surface area (Å²) in [6.45, 7) is 1.53. The highest BCUT2D eigenvalue weighted by Gasteiger charge is 2.29. The molecule has 1 aromatic carbocycles. The van der Waals surface area contributed by atoms with Crippen molar-refractivity contribution in [2.75, 3.05) is 40.0 Å². The number of carbonyl (C=O) groups excluding carboxylic acids is 3. The fourth-order valence-corrected chi connectivity index (χ4v) is 2.14. The highest BCUT2D eigenvalue weighted by atomic mass is 19.4. The fourth-order valence-electron chi connectivity index (χ4n) is 2.14. The van der Waals surface area contributed by atoms with Crippen LogP contribution in [0.1, 0.15) is 18.1 Å². The molecule has 0 aliphatic heterocycles. The van der Waals surface area contributed by atoms with Crippen molar-refractivity contribution < 1.29 is 37.0 Å². The Morgan fingerprint density at radius 3 is 2.38 bits per heavy atom. The zero-order valence-corrected chi connectivity index (χ0v) is 16.1. The number of benzene rings is 1. The zero-order valence-electron chi connectivity index (χ0n) is 16.1. The third kappa shape index (κ3) is 9.24. The summed E-state index contributed by atoms with van der Waals surface area (Å²) >= 11 is 0. The van der Waals surface area contributed by atoms with Gasteiger partial charge in [0.25, 0.3) is 0 Å². The van der Waals surface area contributed by atoms with Gasteiger partial charge in [-0.15, -0.1) is 0 Å². The van der Waals surface area contributed by atoms with Crippen molar-refractivity contribution in [1.29, 1.82) is 0 Å². The van der Waals surface area contributed by atoms with Crippen molar-refractivity contribution >= 4 is 23.9 Å². The average Bonchev–Trinajstić information content (AvgIpc) is 2.67. The van der Waals surface area contributed by atoms with Crippen LogP contribution < -0.4 is 5.32 Å². The molecule has 10 heteroatoms. The Bertz CT molecular complexity index is 718. The maximum atomic E-state index is 12.5. The quantitative estimate of drug-likeness (QED) is 0.465. The van der Waals surface area contributed by atoms with Gasteiger partial charge in [0, 0.05) is 19.7 Å². The van der Waals surface area contributed by atoms with Gasteiger partial charge in [0.05, 0.1) is 25.3 Å². The topological polar surface area (TPSA) is 84.9 Å². The van der Waals surface area contributed by atoms with Gasteiger partial charge >= 0.3 is 12.1 Å². The van der Waals surface area contributed by atoms with Crippen LogP contribution in [0.4, 0.5) is 13.2 Å². The maximum Gasteiger partial charge on any atom is 0.416 e. The Kier molecular flexibility index (Phi) is 9.87. The van der Waals surface area contributed by atoms with Crippen molar-refractivity contribution in [3.8, 4) is 0 Å². The zero-order chi connectivity index (χ0) is 21.9. The van der Waals surface area contributed by atoms with Crippen molar-refractivity contribution in [3.63, 3.8) is 0 Å². The SMILES string of the molecule is CCOC(=O)CN(CCOC)C(=O)CNC(=O)/C=C/c1ccc(C(F)(F)F)cc1. The number of carbonyl (C=O) groups is 3. The molecule has 0 aliphatic carbocycles. The van der Waals surface area contributed by atoms with E-state index in [4.69, 9.17) is 9.47 Å². The van der Waals surface area contributed by atoms with E-state index in [1.54, 1.807) is 6.92 Å². The second kappa shape index (κ2) is 11.8. The molecule has 0 atom stereocenters. The fraction of sp³-hybridized carbons (Fsp3) is 0.421. The van der Waals surface area contributed by atoms with E-state index in [0.717, 1.165) is 18.2 Å². The predicted octanol–water partition coefficient (Wildman–Crippen LogP) is 1.87. The van der Waals surface area contributed by atoms with Crippen LogP contribution in [0, 0.1) is 0 Å². The van der Waals surface area contributed by atoms with Gasteiger partial charge in [-0.1, -0.05) is 12.1 Å². The third-order valence-corrected chi connectivity index (χ3v) is 3.62. The highest BCUT2D eigenvalue weighted by Crippen LogP contribution is 2.29. The number of nitrogens with zero attached hydrogens (tertiary/aromatic N) is 1. The summed E-state index contributed by atoms with van der Waals surface area (Å²) in [4.78, 5) is 36.8. The maximum absolute atomic E-state index is 12.5. The number of amides is 2. The van der Waals surface area contributed by atoms with Gasteiger partial charge in [0.15, 0.2) is 0 Å². The van der Waals surface area contributed by atoms with Crippen LogP contribution in [0.15, 0.2) is 30.3 Å². The molecule has 160 valence electrons. The lowest BCUT2D eigenvalue weighted by Crippen LogP contribution is -2.44. The van der Waals surface area contributed by atoms with Crippen molar-refractivity contribution in [2.24, 2.45) is 0 Å². The normalized spacial score (nSPS) is 11.3. The van der Waals surface area contributed by atoms with Crippen LogP contribution in [-0.2, 0) is 30.0 Å². The number of methoxy groups -OCH3 is 1. The van der Waals surface area contributed by atoms with Gasteiger partial charge in [0.1, 0.15) is 6.54 Å². The van der Waals surface area contributed by atoms with E-state index in [-0.39, 0.29) is 32.8 Å². The molecule has 0 unspecified atom stereocenters. The third-order valence-electron chi connectivity index (χ3n) is 3.62. The average molecular weight is 416 g/mol. The molecular formula is C19H23F3N2O5. The summed E-state index contributed by atoms with van der Waals surface area (Å²) in [6, 6.07) is 4.27. The van der Waals surface area contributed by atoms with E-state index >= 15 is 0 Å². The number of ether oxygens (including phenoxy) is 2. The lowest BCUT2D eigenvalue weighted by Gasteiger charge is -2.21. The van der Waals surface area contributed by atoms with Gasteiger partial charge in [-0.2, -0.15) is 13.2 Å². The lowest BCUT2D eigenvalue weighted by molar-refractivity contribution is -0.149. The number of hydrogen-bond donors (Lipinski definition) is 1. The van der Waals surface area contributed by atoms with Crippen LogP contribution in [0.2, 0.25) is 0 Å². The Labute approximate surface area is 166 Å². The first kappa shape index (κ1) is 24.2. The Hall–Kier alpha value is -2.88. The van der Waals surface area contributed by atoms with Gasteiger partial charge in [0.2, 0.25) is 11.8 Å². The number of halogens is 3. The van der Waals surface area contributed by atoms with Crippen LogP contribution in [-0.4, -0.2) is 62.6 Å². The van der Waals surface area contributed by atoms with Crippen LogP contribution in [0.3, 0.4) is 0 Å². The van der Waals surface area contributed by atoms with Crippen molar-refractivity contribution in [1.82, 2.24) is 10.2 Å². The van der Waals surface area contributed by atoms with E-state index in [1.165, 1.54) is 30.2 Å². The Morgan fingerprint density at radius 2 is 1.83 bits per heavy atom. The highest BCUT2D eigenvalue weighted by molar-refractivity contribution is 5.94. The minimum absolute atomic E-state index is 0.144. The predicted molar refractivity (Wildman–Crippen MR) is 98.6 cm³/mol. The second-order valence-electron chi connectivity index (χ2n) is 5.78. The number of rotatable bonds is 10. The first-order chi connectivity index (χ1) is 13.7. The molecule has 1 rings (SSSR count). The van der Waals surface area contributed by atoms with E-state index in [0.29, 0.717) is 5.56 Å². The van der Waals surface area contributed by atoms with Gasteiger partial charge in [-0.3, -0.25) is 14.4 Å². The Morgan fingerprint density at radius 1 is 1.17 bits per heavy atom. The van der Waals surface area contributed by atoms with Gasteiger partial charge in [-0.25, -0.2) is 0 Å². The standard InChI is InChI=1S/C19H23F3N2O5/c1-3-29-18(27)13-24(10-11-28-2)17(26)12-23-16(25)9-6-14-4-7-15(8-5-14)19(20,21)22/h4-9H,3,10-13H2,1-2H3,(H,23,25)/b9-6+. The summed E-state index contributed by atoms with van der Waals surface area (Å²) in [7, 11) is 1.45. The summed E-state index contributed by atoms with van der Waals surface area (Å²) in [5.41, 5.74) is -0.397. The molecule has 2 amide bonds. The molecule has 0 heterocycles. The first-order valence-electron chi connectivity index (χ1n) is 8.72. The molecule has 0 aromatic heterocycles. The summed E-state index contributed by atoms with van der Waals surface area (Å²) in [5.74, 6) is -1.70. The van der Waals surface area contributed by atoms with E-state index in [9.17, 15) is 27.6 Å². The molecule has 0 saturated heterocycles. The largest absolute Gasteiger partial charge is 0.465 e. The molecule has 1 aromatic rings. The Balaban J connectivity index is 2.58. The van der Waals surface area contributed by atoms with Crippen molar-refractivity contribution in [2.45, 2.75) is 13.1 Å². The summed E-state index contributed by atoms with van der Waals surface area (Å²) in [6.07, 6.45) is -2.01.